The number of thiocarbonyl (C=S) groups is 1. The minimum absolute atomic E-state index is 0.00964. The van der Waals surface area contributed by atoms with E-state index in [0.717, 1.165) is 23.5 Å². The summed E-state index contributed by atoms with van der Waals surface area (Å²) in [6, 6.07) is 9.49. The molecule has 12 heteroatoms. The summed E-state index contributed by atoms with van der Waals surface area (Å²) in [6.07, 6.45) is -4.99. The van der Waals surface area contributed by atoms with Gasteiger partial charge in [-0.15, -0.1) is 0 Å². The fraction of sp³-hybridized carbons (Fsp3) is 0.375. The second-order valence-corrected chi connectivity index (χ2v) is 9.20. The molecular formula is C24H20F3N3O5S. The van der Waals surface area contributed by atoms with E-state index in [1.807, 2.05) is 0 Å². The standard InChI is InChI=1S/C24H20F3N3O5S/c25-24(26,27)16-8-14(3-2-13(16)10-28)29-21(33)23(6-1-7-23)30(22(29)36)15-4-5-18-19(9-15)34-12-20(35-18)17(32)11-31/h2-5,8-9,17,20,31-32H,1,6-7,11-12H2. The summed E-state index contributed by atoms with van der Waals surface area (Å²) in [5, 5.41) is 28.1. The predicted octanol–water partition coefficient (Wildman–Crippen LogP) is 3.13. The lowest BCUT2D eigenvalue weighted by atomic mass is 9.75. The number of rotatable bonds is 4. The first kappa shape index (κ1) is 24.3. The molecule has 2 aromatic rings. The summed E-state index contributed by atoms with van der Waals surface area (Å²) in [4.78, 5) is 16.3. The Morgan fingerprint density at radius 1 is 1.19 bits per heavy atom. The number of aliphatic hydroxyl groups is 2. The number of alkyl halides is 3. The maximum atomic E-state index is 13.6. The monoisotopic (exact) mass is 519 g/mol. The highest BCUT2D eigenvalue weighted by molar-refractivity contribution is 7.81. The van der Waals surface area contributed by atoms with Crippen LogP contribution in [0.1, 0.15) is 30.4 Å². The molecule has 2 heterocycles. The number of fused-ring (bicyclic) bond motifs is 1. The first-order chi connectivity index (χ1) is 17.1. The fourth-order valence-electron chi connectivity index (χ4n) is 4.73. The third-order valence-electron chi connectivity index (χ3n) is 6.76. The molecule has 2 fully saturated rings. The van der Waals surface area contributed by atoms with Gasteiger partial charge >= 0.3 is 6.18 Å². The average Bonchev–Trinajstić information content (AvgIpc) is 3.08. The van der Waals surface area contributed by atoms with E-state index < -0.39 is 47.6 Å². The van der Waals surface area contributed by atoms with Gasteiger partial charge in [-0.2, -0.15) is 18.4 Å². The summed E-state index contributed by atoms with van der Waals surface area (Å²) in [5.41, 5.74) is -2.29. The van der Waals surface area contributed by atoms with Crippen molar-refractivity contribution in [2.24, 2.45) is 0 Å². The Hall–Kier alpha value is -3.40. The molecule has 0 bridgehead atoms. The van der Waals surface area contributed by atoms with Gasteiger partial charge in [-0.05, 0) is 61.8 Å². The van der Waals surface area contributed by atoms with Crippen LogP contribution in [0.3, 0.4) is 0 Å². The Labute approximate surface area is 209 Å². The van der Waals surface area contributed by atoms with E-state index in [9.17, 15) is 23.1 Å². The number of hydrogen-bond donors (Lipinski definition) is 2. The zero-order chi connectivity index (χ0) is 25.8. The van der Waals surface area contributed by atoms with Crippen LogP contribution in [0.2, 0.25) is 0 Å². The van der Waals surface area contributed by atoms with E-state index in [0.29, 0.717) is 30.0 Å². The van der Waals surface area contributed by atoms with Crippen LogP contribution in [0.5, 0.6) is 11.5 Å². The van der Waals surface area contributed by atoms with E-state index in [-0.39, 0.29) is 17.4 Å². The van der Waals surface area contributed by atoms with E-state index in [2.05, 4.69) is 0 Å². The number of benzene rings is 2. The van der Waals surface area contributed by atoms with Crippen molar-refractivity contribution in [3.8, 4) is 17.6 Å². The zero-order valence-corrected chi connectivity index (χ0v) is 19.5. The Bertz CT molecular complexity index is 1290. The van der Waals surface area contributed by atoms with Crippen LogP contribution < -0.4 is 19.3 Å². The van der Waals surface area contributed by atoms with Crippen molar-refractivity contribution >= 4 is 34.6 Å². The van der Waals surface area contributed by atoms with Gasteiger partial charge in [0.05, 0.1) is 29.5 Å². The van der Waals surface area contributed by atoms with Gasteiger partial charge in [0.25, 0.3) is 5.91 Å². The highest BCUT2D eigenvalue weighted by atomic mass is 32.1. The van der Waals surface area contributed by atoms with Gasteiger partial charge in [-0.25, -0.2) is 0 Å². The predicted molar refractivity (Wildman–Crippen MR) is 125 cm³/mol. The van der Waals surface area contributed by atoms with Crippen LogP contribution >= 0.6 is 12.2 Å². The Balaban J connectivity index is 1.52. The molecule has 36 heavy (non-hydrogen) atoms. The maximum Gasteiger partial charge on any atom is 0.417 e. The van der Waals surface area contributed by atoms with Crippen molar-refractivity contribution in [1.82, 2.24) is 0 Å². The number of ether oxygens (including phenoxy) is 2. The number of halogens is 3. The van der Waals surface area contributed by atoms with Crippen molar-refractivity contribution in [3.63, 3.8) is 0 Å². The fourth-order valence-corrected chi connectivity index (χ4v) is 5.20. The molecule has 1 saturated carbocycles. The molecule has 2 aromatic carbocycles. The molecule has 2 atom stereocenters. The second kappa shape index (κ2) is 8.62. The van der Waals surface area contributed by atoms with E-state index in [1.165, 1.54) is 12.1 Å². The first-order valence-corrected chi connectivity index (χ1v) is 11.5. The van der Waals surface area contributed by atoms with Crippen molar-refractivity contribution in [2.45, 2.75) is 43.2 Å². The van der Waals surface area contributed by atoms with Gasteiger partial charge < -0.3 is 24.6 Å². The number of aliphatic hydroxyl groups excluding tert-OH is 2. The molecule has 1 spiro atoms. The lowest BCUT2D eigenvalue weighted by Crippen LogP contribution is -2.55. The molecule has 2 aliphatic heterocycles. The zero-order valence-electron chi connectivity index (χ0n) is 18.7. The summed E-state index contributed by atoms with van der Waals surface area (Å²) in [7, 11) is 0. The quantitative estimate of drug-likeness (QED) is 0.594. The van der Waals surface area contributed by atoms with Crippen LogP contribution in [0.25, 0.3) is 0 Å². The number of carbonyl (C=O) groups excluding carboxylic acids is 1. The van der Waals surface area contributed by atoms with Crippen LogP contribution in [0.4, 0.5) is 24.5 Å². The maximum absolute atomic E-state index is 13.6. The molecule has 1 saturated heterocycles. The van der Waals surface area contributed by atoms with Gasteiger partial charge in [0.1, 0.15) is 18.2 Å². The normalized spacial score (nSPS) is 21.4. The SMILES string of the molecule is N#Cc1ccc(N2C(=O)C3(CCC3)N(c3ccc4c(c3)OCC(C(O)CO)O4)C2=S)cc1C(F)(F)F. The molecule has 1 amide bonds. The van der Waals surface area contributed by atoms with Gasteiger partial charge in [0, 0.05) is 11.8 Å². The van der Waals surface area contributed by atoms with E-state index in [1.54, 1.807) is 23.1 Å². The van der Waals surface area contributed by atoms with Crippen LogP contribution in [-0.4, -0.2) is 52.2 Å². The summed E-state index contributed by atoms with van der Waals surface area (Å²) in [6.45, 7) is -0.500. The number of hydrogen-bond acceptors (Lipinski definition) is 7. The molecule has 3 aliphatic rings. The summed E-state index contributed by atoms with van der Waals surface area (Å²) >= 11 is 5.63. The molecule has 0 radical (unpaired) electrons. The molecular weight excluding hydrogens is 499 g/mol. The molecule has 0 aromatic heterocycles. The largest absolute Gasteiger partial charge is 0.486 e. The van der Waals surface area contributed by atoms with Gasteiger partial charge in [-0.1, -0.05) is 0 Å². The Morgan fingerprint density at radius 2 is 1.92 bits per heavy atom. The van der Waals surface area contributed by atoms with Crippen molar-refractivity contribution < 1.29 is 37.7 Å². The van der Waals surface area contributed by atoms with Crippen LogP contribution in [0.15, 0.2) is 36.4 Å². The minimum Gasteiger partial charge on any atom is -0.486 e. The van der Waals surface area contributed by atoms with Gasteiger partial charge in [-0.3, -0.25) is 9.69 Å². The molecule has 1 aliphatic carbocycles. The van der Waals surface area contributed by atoms with Gasteiger partial charge in [0.15, 0.2) is 22.7 Å². The lowest BCUT2D eigenvalue weighted by molar-refractivity contribution is -0.137. The summed E-state index contributed by atoms with van der Waals surface area (Å²) < 4.78 is 52.1. The first-order valence-electron chi connectivity index (χ1n) is 11.1. The second-order valence-electron chi connectivity index (χ2n) is 8.83. The van der Waals surface area contributed by atoms with E-state index in [4.69, 9.17) is 32.1 Å². The van der Waals surface area contributed by atoms with E-state index >= 15 is 0 Å². The molecule has 5 rings (SSSR count). The number of anilines is 2. The van der Waals surface area contributed by atoms with Crippen LogP contribution in [0, 0.1) is 11.3 Å². The highest BCUT2D eigenvalue weighted by Crippen LogP contribution is 2.49. The third kappa shape index (κ3) is 3.66. The molecule has 188 valence electrons. The molecule has 2 N–H and O–H groups in total. The number of nitrogens with zero attached hydrogens (tertiary/aromatic N) is 3. The minimum atomic E-state index is -4.78. The van der Waals surface area contributed by atoms with Crippen molar-refractivity contribution in [1.29, 1.82) is 5.26 Å². The smallest absolute Gasteiger partial charge is 0.417 e. The van der Waals surface area contributed by atoms with Crippen LogP contribution in [-0.2, 0) is 11.0 Å². The lowest BCUT2D eigenvalue weighted by Gasteiger charge is -2.43. The Kier molecular flexibility index (Phi) is 5.82. The van der Waals surface area contributed by atoms with Crippen molar-refractivity contribution in [3.05, 3.63) is 47.5 Å². The molecule has 2 unspecified atom stereocenters. The van der Waals surface area contributed by atoms with Gasteiger partial charge in [0.2, 0.25) is 0 Å². The third-order valence-corrected chi connectivity index (χ3v) is 7.13. The topological polar surface area (TPSA) is 106 Å². The Morgan fingerprint density at radius 3 is 2.53 bits per heavy atom. The van der Waals surface area contributed by atoms with Crippen molar-refractivity contribution in [2.75, 3.05) is 23.0 Å². The number of amides is 1. The number of carbonyl (C=O) groups is 1. The molecule has 8 nitrogen and oxygen atoms in total. The summed E-state index contributed by atoms with van der Waals surface area (Å²) in [5.74, 6) is 0.243. The average molecular weight is 520 g/mol. The number of nitriles is 1. The highest BCUT2D eigenvalue weighted by Gasteiger charge is 2.59.